The average Bonchev–Trinajstić information content (AvgIpc) is 3.12. The molecule has 1 saturated carbocycles. The highest BCUT2D eigenvalue weighted by atomic mass is 16.2. The molecule has 2 aromatic rings. The van der Waals surface area contributed by atoms with Crippen molar-refractivity contribution in [3.8, 4) is 0 Å². The summed E-state index contributed by atoms with van der Waals surface area (Å²) in [5.41, 5.74) is 5.54. The first kappa shape index (κ1) is 13.7. The third kappa shape index (κ3) is 2.51. The van der Waals surface area contributed by atoms with Gasteiger partial charge in [-0.2, -0.15) is 5.10 Å². The molecule has 0 radical (unpaired) electrons. The molecule has 0 spiro atoms. The zero-order valence-corrected chi connectivity index (χ0v) is 12.0. The lowest BCUT2D eigenvalue weighted by atomic mass is 10.3. The Morgan fingerprint density at radius 1 is 1.33 bits per heavy atom. The second-order valence-corrected chi connectivity index (χ2v) is 5.59. The van der Waals surface area contributed by atoms with Gasteiger partial charge in [0, 0.05) is 19.4 Å². The smallest absolute Gasteiger partial charge is 0.331 e. The largest absolute Gasteiger partial charge is 0.393 e. The maximum absolute atomic E-state index is 12.0. The molecule has 2 aromatic heterocycles. The van der Waals surface area contributed by atoms with Crippen LogP contribution in [-0.2, 0) is 13.6 Å². The predicted molar refractivity (Wildman–Crippen MR) is 79.2 cm³/mol. The molecule has 2 heterocycles. The molecule has 0 amide bonds. The van der Waals surface area contributed by atoms with E-state index in [2.05, 4.69) is 5.10 Å². The number of hydrogen-bond acceptors (Lipinski definition) is 4. The first-order chi connectivity index (χ1) is 10.1. The molecule has 7 nitrogen and oxygen atoms in total. The van der Waals surface area contributed by atoms with Crippen molar-refractivity contribution in [2.75, 3.05) is 5.73 Å². The fourth-order valence-corrected chi connectivity index (χ4v) is 2.89. The van der Waals surface area contributed by atoms with Crippen molar-refractivity contribution in [3.63, 3.8) is 0 Å². The van der Waals surface area contributed by atoms with E-state index in [0.29, 0.717) is 11.7 Å². The van der Waals surface area contributed by atoms with Gasteiger partial charge in [0.05, 0.1) is 18.3 Å². The van der Waals surface area contributed by atoms with Crippen LogP contribution in [-0.4, -0.2) is 18.9 Å². The second-order valence-electron chi connectivity index (χ2n) is 5.59. The van der Waals surface area contributed by atoms with E-state index in [0.717, 1.165) is 17.4 Å². The molecule has 0 atom stereocenters. The highest BCUT2D eigenvalue weighted by Gasteiger charge is 2.18. The van der Waals surface area contributed by atoms with Crippen molar-refractivity contribution >= 4 is 5.69 Å². The summed E-state index contributed by atoms with van der Waals surface area (Å²) in [7, 11) is 1.58. The fourth-order valence-electron chi connectivity index (χ4n) is 2.89. The van der Waals surface area contributed by atoms with E-state index in [-0.39, 0.29) is 17.9 Å². The summed E-state index contributed by atoms with van der Waals surface area (Å²) in [6.45, 7) is 0.149. The molecule has 21 heavy (non-hydrogen) atoms. The molecule has 7 heteroatoms. The quantitative estimate of drug-likeness (QED) is 0.890. The van der Waals surface area contributed by atoms with Crippen LogP contribution in [0, 0.1) is 0 Å². The molecule has 0 unspecified atom stereocenters. The van der Waals surface area contributed by atoms with Gasteiger partial charge in [0.2, 0.25) is 0 Å². The van der Waals surface area contributed by atoms with Crippen molar-refractivity contribution in [1.82, 2.24) is 18.9 Å². The van der Waals surface area contributed by atoms with Crippen LogP contribution >= 0.6 is 0 Å². The van der Waals surface area contributed by atoms with E-state index in [4.69, 9.17) is 5.73 Å². The highest BCUT2D eigenvalue weighted by molar-refractivity contribution is 5.31. The van der Waals surface area contributed by atoms with Crippen LogP contribution in [0.4, 0.5) is 5.69 Å². The Labute approximate surface area is 121 Å². The van der Waals surface area contributed by atoms with Crippen LogP contribution in [0.2, 0.25) is 0 Å². The summed E-state index contributed by atoms with van der Waals surface area (Å²) in [5.74, 6) is 0. The molecule has 0 bridgehead atoms. The zero-order valence-electron chi connectivity index (χ0n) is 12.0. The lowest BCUT2D eigenvalue weighted by Crippen LogP contribution is -2.40. The van der Waals surface area contributed by atoms with Gasteiger partial charge in [-0.25, -0.2) is 4.79 Å². The van der Waals surface area contributed by atoms with E-state index >= 15 is 0 Å². The minimum Gasteiger partial charge on any atom is -0.393 e. The van der Waals surface area contributed by atoms with Gasteiger partial charge >= 0.3 is 5.69 Å². The van der Waals surface area contributed by atoms with Crippen molar-refractivity contribution in [3.05, 3.63) is 45.0 Å². The molecular weight excluding hydrogens is 270 g/mol. The summed E-state index contributed by atoms with van der Waals surface area (Å²) in [6.07, 6.45) is 8.01. The van der Waals surface area contributed by atoms with E-state index in [1.807, 2.05) is 16.9 Å². The average molecular weight is 289 g/mol. The molecule has 0 aromatic carbocycles. The minimum atomic E-state index is -0.464. The van der Waals surface area contributed by atoms with Crippen LogP contribution in [0.1, 0.15) is 37.4 Å². The number of hydrogen-bond donors (Lipinski definition) is 1. The number of nitrogens with zero attached hydrogens (tertiary/aromatic N) is 4. The molecular formula is C14H19N5O2. The molecule has 2 N–H and O–H groups in total. The van der Waals surface area contributed by atoms with E-state index in [1.54, 1.807) is 7.05 Å². The van der Waals surface area contributed by atoms with Gasteiger partial charge in [0.15, 0.2) is 0 Å². The van der Waals surface area contributed by atoms with E-state index < -0.39 is 5.56 Å². The number of nitrogens with two attached hydrogens (primary N) is 1. The van der Waals surface area contributed by atoms with E-state index in [1.165, 1.54) is 23.6 Å². The number of aryl methyl sites for hydroxylation is 1. The summed E-state index contributed by atoms with van der Waals surface area (Å²) < 4.78 is 4.38. The third-order valence-electron chi connectivity index (χ3n) is 4.04. The molecule has 112 valence electrons. The Morgan fingerprint density at radius 3 is 2.76 bits per heavy atom. The van der Waals surface area contributed by atoms with Crippen LogP contribution in [0.15, 0.2) is 28.0 Å². The first-order valence-corrected chi connectivity index (χ1v) is 7.16. The monoisotopic (exact) mass is 289 g/mol. The second kappa shape index (κ2) is 5.23. The Hall–Kier alpha value is -2.31. The van der Waals surface area contributed by atoms with Crippen LogP contribution < -0.4 is 17.0 Å². The number of nitrogen functional groups attached to an aromatic ring is 1. The standard InChI is InChI=1S/C14H19N5O2/c1-17-9-12(15)13(20)18(14(17)21)8-10-6-7-19(16-10)11-4-2-3-5-11/h6-7,9,11H,2-5,8,15H2,1H3. The van der Waals surface area contributed by atoms with Crippen LogP contribution in [0.3, 0.4) is 0 Å². The van der Waals surface area contributed by atoms with Gasteiger partial charge in [0.1, 0.15) is 5.69 Å². The molecule has 1 aliphatic carbocycles. The molecule has 3 rings (SSSR count). The van der Waals surface area contributed by atoms with E-state index in [9.17, 15) is 9.59 Å². The van der Waals surface area contributed by atoms with Gasteiger partial charge in [-0.05, 0) is 18.9 Å². The summed E-state index contributed by atoms with van der Waals surface area (Å²) in [4.78, 5) is 24.0. The Bertz CT molecular complexity index is 730. The lowest BCUT2D eigenvalue weighted by Gasteiger charge is -2.09. The summed E-state index contributed by atoms with van der Waals surface area (Å²) in [5, 5.41) is 4.50. The predicted octanol–water partition coefficient (Wildman–Crippen LogP) is 0.489. The molecule has 1 aliphatic rings. The van der Waals surface area contributed by atoms with Gasteiger partial charge < -0.3 is 10.3 Å². The first-order valence-electron chi connectivity index (χ1n) is 7.16. The lowest BCUT2D eigenvalue weighted by molar-refractivity contribution is 0.460. The zero-order chi connectivity index (χ0) is 15.0. The van der Waals surface area contributed by atoms with Gasteiger partial charge in [0.25, 0.3) is 5.56 Å². The topological polar surface area (TPSA) is 87.8 Å². The summed E-state index contributed by atoms with van der Waals surface area (Å²) in [6, 6.07) is 2.30. The maximum Gasteiger partial charge on any atom is 0.331 e. The van der Waals surface area contributed by atoms with Crippen molar-refractivity contribution in [2.24, 2.45) is 7.05 Å². The van der Waals surface area contributed by atoms with Crippen molar-refractivity contribution in [2.45, 2.75) is 38.3 Å². The van der Waals surface area contributed by atoms with Crippen molar-refractivity contribution in [1.29, 1.82) is 0 Å². The molecule has 0 saturated heterocycles. The minimum absolute atomic E-state index is 0.0623. The fraction of sp³-hybridized carbons (Fsp3) is 0.500. The number of aromatic nitrogens is 4. The van der Waals surface area contributed by atoms with Gasteiger partial charge in [-0.15, -0.1) is 0 Å². The third-order valence-corrected chi connectivity index (χ3v) is 4.04. The normalized spacial score (nSPS) is 15.7. The highest BCUT2D eigenvalue weighted by Crippen LogP contribution is 2.28. The van der Waals surface area contributed by atoms with Crippen LogP contribution in [0.25, 0.3) is 0 Å². The Kier molecular flexibility index (Phi) is 3.40. The Balaban J connectivity index is 1.91. The Morgan fingerprint density at radius 2 is 2.05 bits per heavy atom. The maximum atomic E-state index is 12.0. The van der Waals surface area contributed by atoms with Crippen molar-refractivity contribution < 1.29 is 0 Å². The summed E-state index contributed by atoms with van der Waals surface area (Å²) >= 11 is 0. The molecule has 0 aliphatic heterocycles. The van der Waals surface area contributed by atoms with Gasteiger partial charge in [-0.3, -0.25) is 14.0 Å². The number of rotatable bonds is 3. The molecule has 1 fully saturated rings. The SMILES string of the molecule is Cn1cc(N)c(=O)n(Cc2ccn(C3CCCC3)n2)c1=O. The van der Waals surface area contributed by atoms with Crippen LogP contribution in [0.5, 0.6) is 0 Å². The number of anilines is 1. The van der Waals surface area contributed by atoms with Gasteiger partial charge in [-0.1, -0.05) is 12.8 Å².